The lowest BCUT2D eigenvalue weighted by Crippen LogP contribution is -2.32. The van der Waals surface area contributed by atoms with Gasteiger partial charge in [0.2, 0.25) is 11.7 Å². The molecule has 2 atom stereocenters. The molecule has 0 saturated heterocycles. The van der Waals surface area contributed by atoms with Gasteiger partial charge in [0, 0.05) is 16.7 Å². The molecule has 8 nitrogen and oxygen atoms in total. The number of anilines is 1. The van der Waals surface area contributed by atoms with Crippen LogP contribution in [-0.4, -0.2) is 36.1 Å². The Kier molecular flexibility index (Phi) is 5.25. The zero-order valence-electron chi connectivity index (χ0n) is 19.9. The average molecular weight is 487 g/mol. The van der Waals surface area contributed by atoms with Gasteiger partial charge in [-0.2, -0.15) is 10.1 Å². The van der Waals surface area contributed by atoms with Crippen LogP contribution in [0.25, 0.3) is 5.70 Å². The molecule has 0 bridgehead atoms. The van der Waals surface area contributed by atoms with Crippen molar-refractivity contribution < 1.29 is 23.3 Å². The fraction of sp³-hybridized carbons (Fsp3) is 0.185. The molecule has 3 heterocycles. The predicted octanol–water partition coefficient (Wildman–Crippen LogP) is 5.00. The van der Waals surface area contributed by atoms with E-state index in [9.17, 15) is 4.39 Å². The van der Waals surface area contributed by atoms with E-state index in [1.54, 1.807) is 38.1 Å². The minimum absolute atomic E-state index is 0.313. The number of rotatable bonds is 5. The predicted molar refractivity (Wildman–Crippen MR) is 131 cm³/mol. The highest BCUT2D eigenvalue weighted by Gasteiger charge is 2.41. The smallest absolute Gasteiger partial charge is 0.226 e. The van der Waals surface area contributed by atoms with Gasteiger partial charge in [0.15, 0.2) is 11.5 Å². The standard InChI is InChI=1S/C27H23FN4O4/c1-33-20-12-16(13-21(34-2)26(20)35-3)25-22-23(18-6-4-5-7-19(18)36-25)31-27-29-14-30-32(27)24(22)15-8-10-17(28)11-9-15/h4-14,24-25H,1-3H3,(H,29,30,31). The van der Waals surface area contributed by atoms with Crippen molar-refractivity contribution in [1.82, 2.24) is 14.8 Å². The number of hydrogen-bond donors (Lipinski definition) is 1. The van der Waals surface area contributed by atoms with E-state index in [1.165, 1.54) is 18.5 Å². The van der Waals surface area contributed by atoms with Crippen LogP contribution in [0.3, 0.4) is 0 Å². The fourth-order valence-corrected chi connectivity index (χ4v) is 4.91. The number of fused-ring (bicyclic) bond motifs is 3. The Balaban J connectivity index is 1.62. The molecule has 6 rings (SSSR count). The van der Waals surface area contributed by atoms with E-state index in [1.807, 2.05) is 36.4 Å². The first-order valence-corrected chi connectivity index (χ1v) is 11.3. The molecule has 0 saturated carbocycles. The largest absolute Gasteiger partial charge is 0.493 e. The van der Waals surface area contributed by atoms with Crippen LogP contribution in [0.5, 0.6) is 23.0 Å². The summed E-state index contributed by atoms with van der Waals surface area (Å²) >= 11 is 0. The molecule has 182 valence electrons. The van der Waals surface area contributed by atoms with Gasteiger partial charge < -0.3 is 24.3 Å². The van der Waals surface area contributed by atoms with E-state index in [0.717, 1.165) is 28.0 Å². The normalized spacial score (nSPS) is 17.8. The molecule has 0 radical (unpaired) electrons. The van der Waals surface area contributed by atoms with E-state index in [-0.39, 0.29) is 5.82 Å². The molecule has 3 aromatic carbocycles. The summed E-state index contributed by atoms with van der Waals surface area (Å²) in [6.07, 6.45) is 0.946. The second kappa shape index (κ2) is 8.60. The van der Waals surface area contributed by atoms with Crippen molar-refractivity contribution in [3.8, 4) is 23.0 Å². The molecule has 0 amide bonds. The van der Waals surface area contributed by atoms with Crippen LogP contribution in [0, 0.1) is 5.82 Å². The maximum Gasteiger partial charge on any atom is 0.226 e. The van der Waals surface area contributed by atoms with Gasteiger partial charge in [0.05, 0.1) is 27.0 Å². The number of ether oxygens (including phenoxy) is 4. The van der Waals surface area contributed by atoms with Crippen molar-refractivity contribution in [3.63, 3.8) is 0 Å². The van der Waals surface area contributed by atoms with Crippen molar-refractivity contribution in [1.29, 1.82) is 0 Å². The van der Waals surface area contributed by atoms with Crippen LogP contribution < -0.4 is 24.3 Å². The van der Waals surface area contributed by atoms with Crippen molar-refractivity contribution in [2.24, 2.45) is 0 Å². The van der Waals surface area contributed by atoms with Crippen molar-refractivity contribution >= 4 is 11.6 Å². The zero-order valence-corrected chi connectivity index (χ0v) is 19.9. The van der Waals surface area contributed by atoms with Gasteiger partial charge in [-0.3, -0.25) is 0 Å². The molecule has 2 unspecified atom stereocenters. The second-order valence-corrected chi connectivity index (χ2v) is 8.39. The lowest BCUT2D eigenvalue weighted by molar-refractivity contribution is 0.221. The first kappa shape index (κ1) is 22.0. The maximum atomic E-state index is 13.9. The highest BCUT2D eigenvalue weighted by Crippen LogP contribution is 2.52. The molecule has 36 heavy (non-hydrogen) atoms. The van der Waals surface area contributed by atoms with E-state index in [0.29, 0.717) is 28.9 Å². The number of benzene rings is 3. The Bertz CT molecular complexity index is 1460. The first-order chi connectivity index (χ1) is 17.6. The Hall–Kier alpha value is -4.53. The average Bonchev–Trinajstić information content (AvgIpc) is 3.39. The fourth-order valence-electron chi connectivity index (χ4n) is 4.91. The van der Waals surface area contributed by atoms with Gasteiger partial charge in [-0.15, -0.1) is 0 Å². The van der Waals surface area contributed by atoms with Gasteiger partial charge in [0.1, 0.15) is 30.0 Å². The minimum atomic E-state index is -0.552. The van der Waals surface area contributed by atoms with Crippen LogP contribution in [-0.2, 0) is 0 Å². The van der Waals surface area contributed by atoms with E-state index in [2.05, 4.69) is 15.4 Å². The SMILES string of the molecule is COc1cc(C2Oc3ccccc3C3=C2C(c2ccc(F)cc2)n2ncnc2N3)cc(OC)c1OC. The van der Waals surface area contributed by atoms with Crippen molar-refractivity contribution in [2.75, 3.05) is 26.6 Å². The van der Waals surface area contributed by atoms with Gasteiger partial charge in [-0.25, -0.2) is 9.07 Å². The Morgan fingerprint density at radius 3 is 2.33 bits per heavy atom. The molecule has 4 aromatic rings. The van der Waals surface area contributed by atoms with Crippen molar-refractivity contribution in [2.45, 2.75) is 12.1 Å². The molecule has 0 fully saturated rings. The van der Waals surface area contributed by atoms with Crippen LogP contribution in [0.1, 0.15) is 28.8 Å². The molecular formula is C27H23FN4O4. The maximum absolute atomic E-state index is 13.9. The summed E-state index contributed by atoms with van der Waals surface area (Å²) in [5.41, 5.74) is 4.30. The molecular weight excluding hydrogens is 463 g/mol. The van der Waals surface area contributed by atoms with Crippen LogP contribution in [0.15, 0.2) is 72.6 Å². The quantitative estimate of drug-likeness (QED) is 0.425. The van der Waals surface area contributed by atoms with Crippen LogP contribution in [0.4, 0.5) is 10.3 Å². The van der Waals surface area contributed by atoms with Gasteiger partial charge in [0.25, 0.3) is 0 Å². The zero-order chi connectivity index (χ0) is 24.8. The number of aromatic nitrogens is 3. The minimum Gasteiger partial charge on any atom is -0.493 e. The number of para-hydroxylation sites is 1. The van der Waals surface area contributed by atoms with E-state index in [4.69, 9.17) is 18.9 Å². The van der Waals surface area contributed by atoms with Gasteiger partial charge in [-0.05, 0) is 42.0 Å². The number of nitrogens with one attached hydrogen (secondary N) is 1. The molecule has 0 aliphatic carbocycles. The number of halogens is 1. The summed E-state index contributed by atoms with van der Waals surface area (Å²) in [5.74, 6) is 2.51. The third-order valence-electron chi connectivity index (χ3n) is 6.50. The number of hydrogen-bond acceptors (Lipinski definition) is 7. The highest BCUT2D eigenvalue weighted by atomic mass is 19.1. The summed E-state index contributed by atoms with van der Waals surface area (Å²) in [6.45, 7) is 0. The monoisotopic (exact) mass is 486 g/mol. The van der Waals surface area contributed by atoms with Crippen molar-refractivity contribution in [3.05, 3.63) is 95.1 Å². The number of methoxy groups -OCH3 is 3. The van der Waals surface area contributed by atoms with Crippen LogP contribution in [0.2, 0.25) is 0 Å². The molecule has 2 aliphatic heterocycles. The second-order valence-electron chi connectivity index (χ2n) is 8.39. The highest BCUT2D eigenvalue weighted by molar-refractivity contribution is 5.85. The summed E-state index contributed by atoms with van der Waals surface area (Å²) in [4.78, 5) is 4.42. The Morgan fingerprint density at radius 1 is 0.917 bits per heavy atom. The third kappa shape index (κ3) is 3.35. The van der Waals surface area contributed by atoms with E-state index < -0.39 is 12.1 Å². The van der Waals surface area contributed by atoms with Gasteiger partial charge in [-0.1, -0.05) is 24.3 Å². The molecule has 2 aliphatic rings. The Labute approximate surface area is 206 Å². The first-order valence-electron chi connectivity index (χ1n) is 11.3. The molecule has 1 N–H and O–H groups in total. The summed E-state index contributed by atoms with van der Waals surface area (Å²) in [7, 11) is 4.72. The lowest BCUT2D eigenvalue weighted by Gasteiger charge is -2.39. The van der Waals surface area contributed by atoms with E-state index >= 15 is 0 Å². The summed E-state index contributed by atoms with van der Waals surface area (Å²) in [5, 5.41) is 7.95. The summed E-state index contributed by atoms with van der Waals surface area (Å²) < 4.78 is 39.1. The topological polar surface area (TPSA) is 79.7 Å². The lowest BCUT2D eigenvalue weighted by atomic mass is 9.84. The molecule has 9 heteroatoms. The Morgan fingerprint density at radius 2 is 1.64 bits per heavy atom. The summed E-state index contributed by atoms with van der Waals surface area (Å²) in [6, 6.07) is 17.6. The number of nitrogens with zero attached hydrogens (tertiary/aromatic N) is 3. The van der Waals surface area contributed by atoms with Gasteiger partial charge >= 0.3 is 0 Å². The van der Waals surface area contributed by atoms with Crippen LogP contribution >= 0.6 is 0 Å². The third-order valence-corrected chi connectivity index (χ3v) is 6.50. The molecule has 0 spiro atoms. The molecule has 1 aromatic heterocycles.